The van der Waals surface area contributed by atoms with E-state index in [-0.39, 0.29) is 24.8 Å². The van der Waals surface area contributed by atoms with Gasteiger partial charge < -0.3 is 9.47 Å². The molecule has 1 atom stereocenters. The normalized spacial score (nSPS) is 18.8. The summed E-state index contributed by atoms with van der Waals surface area (Å²) in [5.74, 6) is -0.588. The number of ether oxygens (including phenoxy) is 2. The molecule has 0 saturated heterocycles. The van der Waals surface area contributed by atoms with Crippen molar-refractivity contribution in [3.05, 3.63) is 29.8 Å². The molecule has 0 N–H and O–H groups in total. The maximum atomic E-state index is 12.0. The summed E-state index contributed by atoms with van der Waals surface area (Å²) >= 11 is 0. The highest BCUT2D eigenvalue weighted by Gasteiger charge is 2.33. The Balaban J connectivity index is 2.24. The first-order valence-electron chi connectivity index (χ1n) is 5.01. The van der Waals surface area contributed by atoms with Crippen molar-refractivity contribution in [3.8, 4) is 5.75 Å². The van der Waals surface area contributed by atoms with Gasteiger partial charge in [0, 0.05) is 7.11 Å². The lowest BCUT2D eigenvalue weighted by Gasteiger charge is -2.22. The molecule has 0 fully saturated rings. The third kappa shape index (κ3) is 1.84. The SMILES string of the molecule is COCC(=O)C1COc2ccccc2C1=O. The van der Waals surface area contributed by atoms with E-state index in [0.717, 1.165) is 0 Å². The largest absolute Gasteiger partial charge is 0.492 e. The van der Waals surface area contributed by atoms with E-state index >= 15 is 0 Å². The fraction of sp³-hybridized carbons (Fsp3) is 0.333. The van der Waals surface area contributed by atoms with Gasteiger partial charge in [-0.2, -0.15) is 0 Å². The van der Waals surface area contributed by atoms with Crippen LogP contribution in [0.25, 0.3) is 0 Å². The van der Waals surface area contributed by atoms with Crippen LogP contribution in [-0.4, -0.2) is 31.9 Å². The zero-order valence-corrected chi connectivity index (χ0v) is 8.93. The van der Waals surface area contributed by atoms with Crippen LogP contribution in [0.2, 0.25) is 0 Å². The Hall–Kier alpha value is -1.68. The predicted octanol–water partition coefficient (Wildman–Crippen LogP) is 1.09. The summed E-state index contributed by atoms with van der Waals surface area (Å²) in [4.78, 5) is 23.6. The van der Waals surface area contributed by atoms with Crippen LogP contribution in [0.1, 0.15) is 10.4 Å². The number of benzene rings is 1. The highest BCUT2D eigenvalue weighted by Crippen LogP contribution is 2.27. The smallest absolute Gasteiger partial charge is 0.180 e. The second-order valence-corrected chi connectivity index (χ2v) is 3.62. The van der Waals surface area contributed by atoms with Crippen molar-refractivity contribution >= 4 is 11.6 Å². The molecule has 4 nitrogen and oxygen atoms in total. The van der Waals surface area contributed by atoms with Gasteiger partial charge in [-0.3, -0.25) is 9.59 Å². The number of Topliss-reactive ketones (excluding diaryl/α,β-unsaturated/α-hetero) is 2. The summed E-state index contributed by atoms with van der Waals surface area (Å²) in [7, 11) is 1.43. The van der Waals surface area contributed by atoms with Crippen molar-refractivity contribution in [2.45, 2.75) is 0 Å². The van der Waals surface area contributed by atoms with Crippen molar-refractivity contribution in [3.63, 3.8) is 0 Å². The van der Waals surface area contributed by atoms with Crippen molar-refractivity contribution in [1.82, 2.24) is 0 Å². The predicted molar refractivity (Wildman–Crippen MR) is 56.6 cm³/mol. The average molecular weight is 220 g/mol. The fourth-order valence-electron chi connectivity index (χ4n) is 1.71. The Labute approximate surface area is 93.2 Å². The van der Waals surface area contributed by atoms with E-state index < -0.39 is 5.92 Å². The summed E-state index contributed by atoms with van der Waals surface area (Å²) in [6, 6.07) is 6.95. The maximum Gasteiger partial charge on any atom is 0.180 e. The van der Waals surface area contributed by atoms with Crippen molar-refractivity contribution in [1.29, 1.82) is 0 Å². The molecule has 0 bridgehead atoms. The number of rotatable bonds is 3. The van der Waals surface area contributed by atoms with Gasteiger partial charge in [-0.1, -0.05) is 12.1 Å². The molecule has 1 unspecified atom stereocenters. The summed E-state index contributed by atoms with van der Waals surface area (Å²) in [6.45, 7) is 0.0555. The van der Waals surface area contributed by atoms with Crippen molar-refractivity contribution < 1.29 is 19.1 Å². The average Bonchev–Trinajstić information content (AvgIpc) is 2.30. The van der Waals surface area contributed by atoms with Gasteiger partial charge in [0.1, 0.15) is 24.9 Å². The van der Waals surface area contributed by atoms with Crippen molar-refractivity contribution in [2.24, 2.45) is 5.92 Å². The van der Waals surface area contributed by atoms with E-state index in [2.05, 4.69) is 0 Å². The molecular weight excluding hydrogens is 208 g/mol. The quantitative estimate of drug-likeness (QED) is 0.715. The Bertz CT molecular complexity index is 425. The van der Waals surface area contributed by atoms with E-state index in [0.29, 0.717) is 11.3 Å². The van der Waals surface area contributed by atoms with E-state index in [9.17, 15) is 9.59 Å². The number of hydrogen-bond donors (Lipinski definition) is 0. The molecule has 0 aromatic heterocycles. The number of methoxy groups -OCH3 is 1. The first-order valence-corrected chi connectivity index (χ1v) is 5.01. The Morgan fingerprint density at radius 3 is 3.00 bits per heavy atom. The van der Waals surface area contributed by atoms with Crippen LogP contribution in [-0.2, 0) is 9.53 Å². The highest BCUT2D eigenvalue weighted by atomic mass is 16.5. The van der Waals surface area contributed by atoms with Gasteiger partial charge in [-0.15, -0.1) is 0 Å². The Morgan fingerprint density at radius 2 is 2.25 bits per heavy atom. The molecule has 84 valence electrons. The van der Waals surface area contributed by atoms with Crippen LogP contribution in [0.3, 0.4) is 0 Å². The molecule has 0 saturated carbocycles. The fourth-order valence-corrected chi connectivity index (χ4v) is 1.71. The highest BCUT2D eigenvalue weighted by molar-refractivity contribution is 6.13. The first kappa shape index (κ1) is 10.8. The topological polar surface area (TPSA) is 52.6 Å². The Kier molecular flexibility index (Phi) is 3.01. The minimum Gasteiger partial charge on any atom is -0.492 e. The standard InChI is InChI=1S/C12H12O4/c1-15-7-10(13)9-6-16-11-5-3-2-4-8(11)12(9)14/h2-5,9H,6-7H2,1H3. The molecule has 4 heteroatoms. The first-order chi connectivity index (χ1) is 7.74. The minimum atomic E-state index is -0.727. The third-order valence-electron chi connectivity index (χ3n) is 2.55. The summed E-state index contributed by atoms with van der Waals surface area (Å²) in [5, 5.41) is 0. The van der Waals surface area contributed by atoms with E-state index in [1.165, 1.54) is 7.11 Å². The molecule has 1 aliphatic rings. The molecule has 0 amide bonds. The molecule has 2 rings (SSSR count). The van der Waals surface area contributed by atoms with E-state index in [1.54, 1.807) is 24.3 Å². The molecule has 1 aromatic carbocycles. The molecule has 1 aromatic rings. The summed E-state index contributed by atoms with van der Waals surface area (Å²) in [5.41, 5.74) is 0.475. The van der Waals surface area contributed by atoms with Crippen LogP contribution in [0.4, 0.5) is 0 Å². The zero-order chi connectivity index (χ0) is 11.5. The second kappa shape index (κ2) is 4.45. The van der Waals surface area contributed by atoms with E-state index in [4.69, 9.17) is 9.47 Å². The number of carbonyl (C=O) groups excluding carboxylic acids is 2. The molecular formula is C12H12O4. The number of carbonyl (C=O) groups is 2. The van der Waals surface area contributed by atoms with Crippen molar-refractivity contribution in [2.75, 3.05) is 20.3 Å². The van der Waals surface area contributed by atoms with Gasteiger partial charge in [0.05, 0.1) is 5.56 Å². The summed E-state index contributed by atoms with van der Waals surface area (Å²) < 4.78 is 10.1. The zero-order valence-electron chi connectivity index (χ0n) is 8.93. The van der Waals surface area contributed by atoms with Gasteiger partial charge in [-0.05, 0) is 12.1 Å². The lowest BCUT2D eigenvalue weighted by Crippen LogP contribution is -2.35. The number of hydrogen-bond acceptors (Lipinski definition) is 4. The van der Waals surface area contributed by atoms with Gasteiger partial charge in [-0.25, -0.2) is 0 Å². The second-order valence-electron chi connectivity index (χ2n) is 3.62. The van der Waals surface area contributed by atoms with Crippen LogP contribution in [0.15, 0.2) is 24.3 Å². The molecule has 1 aliphatic heterocycles. The van der Waals surface area contributed by atoms with Gasteiger partial charge in [0.15, 0.2) is 11.6 Å². The number of fused-ring (bicyclic) bond motifs is 1. The van der Waals surface area contributed by atoms with Gasteiger partial charge in [0.25, 0.3) is 0 Å². The van der Waals surface area contributed by atoms with E-state index in [1.807, 2.05) is 0 Å². The number of ketones is 2. The van der Waals surface area contributed by atoms with Crippen LogP contribution in [0.5, 0.6) is 5.75 Å². The molecule has 16 heavy (non-hydrogen) atoms. The lowest BCUT2D eigenvalue weighted by atomic mass is 9.92. The van der Waals surface area contributed by atoms with Crippen LogP contribution in [0, 0.1) is 5.92 Å². The third-order valence-corrected chi connectivity index (χ3v) is 2.55. The molecule has 0 radical (unpaired) electrons. The maximum absolute atomic E-state index is 12.0. The minimum absolute atomic E-state index is 0.0536. The van der Waals surface area contributed by atoms with Gasteiger partial charge in [0.2, 0.25) is 0 Å². The number of para-hydroxylation sites is 1. The van der Waals surface area contributed by atoms with Crippen LogP contribution < -0.4 is 4.74 Å². The molecule has 0 spiro atoms. The molecule has 0 aliphatic carbocycles. The monoisotopic (exact) mass is 220 g/mol. The molecule has 1 heterocycles. The lowest BCUT2D eigenvalue weighted by molar-refractivity contribution is -0.126. The Morgan fingerprint density at radius 1 is 1.50 bits per heavy atom. The summed E-state index contributed by atoms with van der Waals surface area (Å²) in [6.07, 6.45) is 0. The van der Waals surface area contributed by atoms with Gasteiger partial charge >= 0.3 is 0 Å². The van der Waals surface area contributed by atoms with Crippen LogP contribution >= 0.6 is 0 Å².